The zero-order chi connectivity index (χ0) is 9.97. The van der Waals surface area contributed by atoms with Crippen LogP contribution in [0.3, 0.4) is 0 Å². The van der Waals surface area contributed by atoms with Crippen LogP contribution >= 0.6 is 11.8 Å². The smallest absolute Gasteiger partial charge is 0.249 e. The molecule has 2 N–H and O–H groups in total. The molecular weight excluding hydrogens is 198 g/mol. The zero-order valence-corrected chi connectivity index (χ0v) is 9.06. The van der Waals surface area contributed by atoms with Gasteiger partial charge in [0.25, 0.3) is 0 Å². The number of thioether (sulfide) groups is 1. The van der Waals surface area contributed by atoms with E-state index in [-0.39, 0.29) is 11.9 Å². The van der Waals surface area contributed by atoms with E-state index in [2.05, 4.69) is 15.6 Å². The van der Waals surface area contributed by atoms with E-state index in [4.69, 9.17) is 0 Å². The quantitative estimate of drug-likeness (QED) is 0.689. The molecule has 2 aliphatic heterocycles. The number of amides is 1. The molecule has 1 amide bonds. The maximum absolute atomic E-state index is 11.6. The van der Waals surface area contributed by atoms with Crippen molar-refractivity contribution in [3.8, 4) is 0 Å². The highest BCUT2D eigenvalue weighted by molar-refractivity contribution is 7.99. The van der Waals surface area contributed by atoms with Crippen molar-refractivity contribution in [3.63, 3.8) is 0 Å². The maximum atomic E-state index is 11.6. The normalized spacial score (nSPS) is 34.6. The molecule has 2 saturated heterocycles. The third-order valence-electron chi connectivity index (χ3n) is 2.57. The van der Waals surface area contributed by atoms with Crippen LogP contribution in [0.15, 0.2) is 4.99 Å². The first-order chi connectivity index (χ1) is 6.81. The van der Waals surface area contributed by atoms with E-state index in [0.717, 1.165) is 12.2 Å². The first-order valence-electron chi connectivity index (χ1n) is 5.01. The van der Waals surface area contributed by atoms with E-state index < -0.39 is 0 Å². The predicted molar refractivity (Wildman–Crippen MR) is 58.5 cm³/mol. The third-order valence-corrected chi connectivity index (χ3v) is 3.76. The first kappa shape index (κ1) is 9.83. The summed E-state index contributed by atoms with van der Waals surface area (Å²) in [5, 5.41) is 5.93. The van der Waals surface area contributed by atoms with E-state index in [9.17, 15) is 4.79 Å². The number of carbonyl (C=O) groups is 1. The molecule has 2 unspecified atom stereocenters. The van der Waals surface area contributed by atoms with Crippen molar-refractivity contribution in [2.75, 3.05) is 18.1 Å². The van der Waals surface area contributed by atoms with Crippen molar-refractivity contribution in [1.29, 1.82) is 0 Å². The molecule has 78 valence electrons. The highest BCUT2D eigenvalue weighted by Gasteiger charge is 2.36. The average molecular weight is 213 g/mol. The number of guanidine groups is 1. The molecular formula is C9H15N3OS. The van der Waals surface area contributed by atoms with Crippen molar-refractivity contribution in [3.05, 3.63) is 0 Å². The van der Waals surface area contributed by atoms with Crippen LogP contribution in [0.1, 0.15) is 13.3 Å². The molecule has 2 rings (SSSR count). The second-order valence-electron chi connectivity index (χ2n) is 3.56. The fraction of sp³-hybridized carbons (Fsp3) is 0.778. The molecule has 0 radical (unpaired) electrons. The van der Waals surface area contributed by atoms with Gasteiger partial charge in [-0.1, -0.05) is 0 Å². The summed E-state index contributed by atoms with van der Waals surface area (Å²) < 4.78 is 0. The molecule has 0 aromatic heterocycles. The minimum Gasteiger partial charge on any atom is -0.344 e. The molecule has 2 fully saturated rings. The van der Waals surface area contributed by atoms with E-state index in [1.807, 2.05) is 18.7 Å². The van der Waals surface area contributed by atoms with Gasteiger partial charge in [-0.15, -0.1) is 0 Å². The number of hydrogen-bond donors (Lipinski definition) is 2. The Kier molecular flexibility index (Phi) is 2.96. The number of rotatable bonds is 2. The Balaban J connectivity index is 2.00. The van der Waals surface area contributed by atoms with Crippen LogP contribution in [0.2, 0.25) is 0 Å². The maximum Gasteiger partial charge on any atom is 0.249 e. The van der Waals surface area contributed by atoms with Gasteiger partial charge >= 0.3 is 0 Å². The SMILES string of the molecule is CCN=C1NC(=O)C(C2CCSC2)N1. The van der Waals surface area contributed by atoms with E-state index in [0.29, 0.717) is 18.4 Å². The van der Waals surface area contributed by atoms with Gasteiger partial charge in [0.1, 0.15) is 6.04 Å². The van der Waals surface area contributed by atoms with Crippen molar-refractivity contribution < 1.29 is 4.79 Å². The number of hydrogen-bond acceptors (Lipinski definition) is 3. The molecule has 2 aliphatic rings. The molecule has 14 heavy (non-hydrogen) atoms. The van der Waals surface area contributed by atoms with Crippen LogP contribution in [-0.2, 0) is 4.79 Å². The summed E-state index contributed by atoms with van der Waals surface area (Å²) in [5.41, 5.74) is 0. The second kappa shape index (κ2) is 4.21. The van der Waals surface area contributed by atoms with E-state index in [1.165, 1.54) is 5.75 Å². The Morgan fingerprint density at radius 2 is 2.50 bits per heavy atom. The summed E-state index contributed by atoms with van der Waals surface area (Å²) in [6.07, 6.45) is 1.13. The number of nitrogens with zero attached hydrogens (tertiary/aromatic N) is 1. The van der Waals surface area contributed by atoms with Gasteiger partial charge in [0.05, 0.1) is 0 Å². The monoisotopic (exact) mass is 213 g/mol. The summed E-state index contributed by atoms with van der Waals surface area (Å²) in [4.78, 5) is 15.7. The molecule has 0 spiro atoms. The zero-order valence-electron chi connectivity index (χ0n) is 8.25. The first-order valence-corrected chi connectivity index (χ1v) is 6.16. The van der Waals surface area contributed by atoms with Gasteiger partial charge in [-0.25, -0.2) is 0 Å². The Morgan fingerprint density at radius 3 is 3.14 bits per heavy atom. The summed E-state index contributed by atoms with van der Waals surface area (Å²) >= 11 is 1.93. The standard InChI is InChI=1S/C9H15N3OS/c1-2-10-9-11-7(8(13)12-9)6-3-4-14-5-6/h6-7H,2-5H2,1H3,(H2,10,11,12,13). The summed E-state index contributed by atoms with van der Waals surface area (Å²) in [6.45, 7) is 2.66. The summed E-state index contributed by atoms with van der Waals surface area (Å²) in [5.74, 6) is 3.48. The lowest BCUT2D eigenvalue weighted by Crippen LogP contribution is -2.37. The molecule has 5 heteroatoms. The Labute approximate surface area is 87.9 Å². The number of aliphatic imine (C=N–C) groups is 1. The van der Waals surface area contributed by atoms with Gasteiger partial charge in [-0.3, -0.25) is 15.1 Å². The molecule has 0 aliphatic carbocycles. The van der Waals surface area contributed by atoms with Crippen LogP contribution < -0.4 is 10.6 Å². The fourth-order valence-corrected chi connectivity index (χ4v) is 3.13. The molecule has 2 atom stereocenters. The van der Waals surface area contributed by atoms with Crippen molar-refractivity contribution in [1.82, 2.24) is 10.6 Å². The van der Waals surface area contributed by atoms with Gasteiger partial charge in [-0.05, 0) is 30.8 Å². The van der Waals surface area contributed by atoms with Crippen molar-refractivity contribution in [2.24, 2.45) is 10.9 Å². The summed E-state index contributed by atoms with van der Waals surface area (Å²) in [7, 11) is 0. The van der Waals surface area contributed by atoms with Crippen LogP contribution in [0, 0.1) is 5.92 Å². The van der Waals surface area contributed by atoms with Crippen LogP contribution in [0.5, 0.6) is 0 Å². The predicted octanol–water partition coefficient (Wildman–Crippen LogP) is 0.203. The minimum absolute atomic E-state index is 0.0460. The highest BCUT2D eigenvalue weighted by Crippen LogP contribution is 2.27. The van der Waals surface area contributed by atoms with Crippen LogP contribution in [0.25, 0.3) is 0 Å². The molecule has 0 aromatic carbocycles. The average Bonchev–Trinajstić information content (AvgIpc) is 2.74. The number of carbonyl (C=O) groups excluding carboxylic acids is 1. The lowest BCUT2D eigenvalue weighted by Gasteiger charge is -2.13. The van der Waals surface area contributed by atoms with Crippen molar-refractivity contribution >= 4 is 23.6 Å². The van der Waals surface area contributed by atoms with Gasteiger partial charge in [0.15, 0.2) is 5.96 Å². The third kappa shape index (κ3) is 1.87. The largest absolute Gasteiger partial charge is 0.344 e. The van der Waals surface area contributed by atoms with Crippen LogP contribution in [-0.4, -0.2) is 36.0 Å². The van der Waals surface area contributed by atoms with E-state index in [1.54, 1.807) is 0 Å². The Hall–Kier alpha value is -0.710. The van der Waals surface area contributed by atoms with Gasteiger partial charge < -0.3 is 5.32 Å². The molecule has 0 saturated carbocycles. The number of nitrogens with one attached hydrogen (secondary N) is 2. The highest BCUT2D eigenvalue weighted by atomic mass is 32.2. The molecule has 0 aromatic rings. The van der Waals surface area contributed by atoms with Gasteiger partial charge in [0, 0.05) is 6.54 Å². The van der Waals surface area contributed by atoms with Gasteiger partial charge in [-0.2, -0.15) is 11.8 Å². The fourth-order valence-electron chi connectivity index (χ4n) is 1.83. The Bertz CT molecular complexity index is 261. The second-order valence-corrected chi connectivity index (χ2v) is 4.71. The van der Waals surface area contributed by atoms with Crippen LogP contribution in [0.4, 0.5) is 0 Å². The lowest BCUT2D eigenvalue weighted by atomic mass is 10.00. The molecule has 0 bridgehead atoms. The summed E-state index contributed by atoms with van der Waals surface area (Å²) in [6, 6.07) is -0.0460. The molecule has 4 nitrogen and oxygen atoms in total. The molecule has 2 heterocycles. The topological polar surface area (TPSA) is 53.5 Å². The minimum atomic E-state index is -0.0460. The lowest BCUT2D eigenvalue weighted by molar-refractivity contribution is -0.121. The van der Waals surface area contributed by atoms with Gasteiger partial charge in [0.2, 0.25) is 5.91 Å². The van der Waals surface area contributed by atoms with Crippen molar-refractivity contribution in [2.45, 2.75) is 19.4 Å². The Morgan fingerprint density at radius 1 is 1.64 bits per heavy atom. The van der Waals surface area contributed by atoms with E-state index >= 15 is 0 Å².